The highest BCUT2D eigenvalue weighted by Gasteiger charge is 2.13. The molecule has 0 aromatic heterocycles. The van der Waals surface area contributed by atoms with Gasteiger partial charge in [-0.15, -0.1) is 0 Å². The minimum atomic E-state index is -0.572. The highest BCUT2D eigenvalue weighted by atomic mass is 127. The number of aryl methyl sites for hydroxylation is 1. The normalized spacial score (nSPS) is 10.6. The number of primary amides is 1. The van der Waals surface area contributed by atoms with Crippen molar-refractivity contribution in [2.24, 2.45) is 10.8 Å². The number of ether oxygens (including phenoxy) is 2. The number of nitrogens with two attached hydrogens (primary N) is 1. The predicted molar refractivity (Wildman–Crippen MR) is 111 cm³/mol. The van der Waals surface area contributed by atoms with Crippen LogP contribution < -0.4 is 20.6 Å². The van der Waals surface area contributed by atoms with Crippen molar-refractivity contribution in [1.82, 2.24) is 5.43 Å². The summed E-state index contributed by atoms with van der Waals surface area (Å²) in [6, 6.07) is 10.7. The van der Waals surface area contributed by atoms with Crippen molar-refractivity contribution in [1.29, 1.82) is 0 Å². The summed E-state index contributed by atoms with van der Waals surface area (Å²) in [7, 11) is 0. The first-order valence-electron chi connectivity index (χ1n) is 8.18. The molecule has 2 rings (SSSR count). The van der Waals surface area contributed by atoms with Crippen molar-refractivity contribution in [2.75, 3.05) is 13.2 Å². The number of halogens is 1. The third kappa shape index (κ3) is 6.24. The Balaban J connectivity index is 2.12. The van der Waals surface area contributed by atoms with Gasteiger partial charge >= 0.3 is 0 Å². The van der Waals surface area contributed by atoms with Gasteiger partial charge in [-0.25, -0.2) is 5.43 Å². The summed E-state index contributed by atoms with van der Waals surface area (Å²) >= 11 is 2.07. The number of nitrogens with zero attached hydrogens (tertiary/aromatic N) is 1. The largest absolute Gasteiger partial charge is 0.490 e. The van der Waals surface area contributed by atoms with Gasteiger partial charge in [0.05, 0.1) is 16.4 Å². The predicted octanol–water partition coefficient (Wildman–Crippen LogP) is 2.63. The minimum absolute atomic E-state index is 0.240. The summed E-state index contributed by atoms with van der Waals surface area (Å²) in [6.45, 7) is 3.98. The molecule has 27 heavy (non-hydrogen) atoms. The van der Waals surface area contributed by atoms with Crippen molar-refractivity contribution < 1.29 is 19.1 Å². The third-order valence-electron chi connectivity index (χ3n) is 3.38. The van der Waals surface area contributed by atoms with Crippen molar-refractivity contribution in [3.8, 4) is 11.5 Å². The number of carbonyl (C=O) groups is 2. The molecule has 0 saturated carbocycles. The van der Waals surface area contributed by atoms with E-state index in [1.807, 2.05) is 26.0 Å². The number of hydrogen-bond donors (Lipinski definition) is 2. The molecule has 0 aliphatic heterocycles. The molecule has 0 heterocycles. The number of hydrazone groups is 1. The molecule has 8 heteroatoms. The van der Waals surface area contributed by atoms with Gasteiger partial charge in [-0.2, -0.15) is 5.10 Å². The van der Waals surface area contributed by atoms with Crippen LogP contribution in [0.5, 0.6) is 11.5 Å². The second kappa shape index (κ2) is 9.91. The molecule has 0 aliphatic rings. The van der Waals surface area contributed by atoms with Gasteiger partial charge in [0.25, 0.3) is 11.8 Å². The van der Waals surface area contributed by atoms with E-state index in [9.17, 15) is 9.59 Å². The molecular formula is C19H20IN3O4. The topological polar surface area (TPSA) is 103 Å². The lowest BCUT2D eigenvalue weighted by molar-refractivity contribution is -0.119. The number of amides is 2. The van der Waals surface area contributed by atoms with E-state index in [2.05, 4.69) is 33.1 Å². The Morgan fingerprint density at radius 3 is 2.56 bits per heavy atom. The molecule has 3 N–H and O–H groups in total. The summed E-state index contributed by atoms with van der Waals surface area (Å²) in [5.41, 5.74) is 9.92. The molecule has 0 atom stereocenters. The number of nitrogens with one attached hydrogen (secondary N) is 1. The van der Waals surface area contributed by atoms with Gasteiger partial charge in [-0.1, -0.05) is 17.7 Å². The molecule has 0 unspecified atom stereocenters. The SMILES string of the molecule is CCOc1cc(/C=N/NC(=O)c2ccc(C)cc2)cc(I)c1OCC(N)=O. The highest BCUT2D eigenvalue weighted by molar-refractivity contribution is 14.1. The zero-order valence-corrected chi connectivity index (χ0v) is 17.1. The second-order valence-electron chi connectivity index (χ2n) is 5.58. The van der Waals surface area contributed by atoms with Gasteiger partial charge in [0.15, 0.2) is 18.1 Å². The Morgan fingerprint density at radius 2 is 1.93 bits per heavy atom. The molecule has 2 amide bonds. The summed E-state index contributed by atoms with van der Waals surface area (Å²) in [6.07, 6.45) is 1.51. The zero-order valence-electron chi connectivity index (χ0n) is 15.0. The van der Waals surface area contributed by atoms with E-state index in [1.165, 1.54) is 6.21 Å². The lowest BCUT2D eigenvalue weighted by Crippen LogP contribution is -2.20. The van der Waals surface area contributed by atoms with Crippen LogP contribution in [0.4, 0.5) is 0 Å². The summed E-state index contributed by atoms with van der Waals surface area (Å²) in [5, 5.41) is 3.99. The summed E-state index contributed by atoms with van der Waals surface area (Å²) in [4.78, 5) is 23.0. The van der Waals surface area contributed by atoms with E-state index in [0.717, 1.165) is 9.13 Å². The number of hydrogen-bond acceptors (Lipinski definition) is 5. The molecule has 0 aliphatic carbocycles. The van der Waals surface area contributed by atoms with E-state index < -0.39 is 5.91 Å². The van der Waals surface area contributed by atoms with Gasteiger partial charge in [0.2, 0.25) is 0 Å². The molecule has 0 saturated heterocycles. The van der Waals surface area contributed by atoms with Crippen molar-refractivity contribution >= 4 is 40.6 Å². The van der Waals surface area contributed by atoms with Gasteiger partial charge < -0.3 is 15.2 Å². The molecule has 0 radical (unpaired) electrons. The molecule has 7 nitrogen and oxygen atoms in total. The van der Waals surface area contributed by atoms with Crippen molar-refractivity contribution in [3.05, 3.63) is 56.7 Å². The summed E-state index contributed by atoms with van der Waals surface area (Å²) in [5.74, 6) is 0.0409. The van der Waals surface area contributed by atoms with E-state index in [-0.39, 0.29) is 12.5 Å². The average Bonchev–Trinajstić information content (AvgIpc) is 2.61. The third-order valence-corrected chi connectivity index (χ3v) is 4.19. The fourth-order valence-corrected chi connectivity index (χ4v) is 2.92. The fraction of sp³-hybridized carbons (Fsp3) is 0.211. The van der Waals surface area contributed by atoms with E-state index in [1.54, 1.807) is 24.3 Å². The first-order chi connectivity index (χ1) is 12.9. The quantitative estimate of drug-likeness (QED) is 0.344. The summed E-state index contributed by atoms with van der Waals surface area (Å²) < 4.78 is 11.7. The molecule has 0 spiro atoms. The van der Waals surface area contributed by atoms with Gasteiger partial charge in [0, 0.05) is 5.56 Å². The molecule has 0 fully saturated rings. The number of carbonyl (C=O) groups excluding carboxylic acids is 2. The maximum atomic E-state index is 12.1. The van der Waals surface area contributed by atoms with Crippen molar-refractivity contribution in [3.63, 3.8) is 0 Å². The lowest BCUT2D eigenvalue weighted by Gasteiger charge is -2.13. The number of benzene rings is 2. The Hall–Kier alpha value is -2.62. The average molecular weight is 481 g/mol. The smallest absolute Gasteiger partial charge is 0.271 e. The van der Waals surface area contributed by atoms with Crippen LogP contribution >= 0.6 is 22.6 Å². The Labute approximate surface area is 171 Å². The molecule has 2 aromatic rings. The zero-order chi connectivity index (χ0) is 19.8. The first-order valence-corrected chi connectivity index (χ1v) is 9.26. The lowest BCUT2D eigenvalue weighted by atomic mass is 10.1. The van der Waals surface area contributed by atoms with Crippen molar-refractivity contribution in [2.45, 2.75) is 13.8 Å². The van der Waals surface area contributed by atoms with Crippen LogP contribution in [0, 0.1) is 10.5 Å². The van der Waals surface area contributed by atoms with Gasteiger partial charge in [-0.3, -0.25) is 9.59 Å². The highest BCUT2D eigenvalue weighted by Crippen LogP contribution is 2.33. The Bertz CT molecular complexity index is 851. The van der Waals surface area contributed by atoms with Gasteiger partial charge in [0.1, 0.15) is 0 Å². The molecule has 0 bridgehead atoms. The maximum Gasteiger partial charge on any atom is 0.271 e. The Morgan fingerprint density at radius 1 is 1.22 bits per heavy atom. The van der Waals surface area contributed by atoms with Crippen LogP contribution in [-0.4, -0.2) is 31.2 Å². The second-order valence-corrected chi connectivity index (χ2v) is 6.75. The van der Waals surface area contributed by atoms with Crippen LogP contribution in [0.2, 0.25) is 0 Å². The number of rotatable bonds is 8. The van der Waals surface area contributed by atoms with Crippen LogP contribution in [0.25, 0.3) is 0 Å². The van der Waals surface area contributed by atoms with E-state index >= 15 is 0 Å². The standard InChI is InChI=1S/C19H20IN3O4/c1-3-26-16-9-13(8-15(20)18(16)27-11-17(21)24)10-22-23-19(25)14-6-4-12(2)5-7-14/h4-10H,3,11H2,1-2H3,(H2,21,24)(H,23,25)/b22-10+. The van der Waals surface area contributed by atoms with E-state index in [4.69, 9.17) is 15.2 Å². The van der Waals surface area contributed by atoms with E-state index in [0.29, 0.717) is 29.2 Å². The van der Waals surface area contributed by atoms with Gasteiger partial charge in [-0.05, 0) is 66.3 Å². The first kappa shape index (κ1) is 20.7. The monoisotopic (exact) mass is 481 g/mol. The fourth-order valence-electron chi connectivity index (χ4n) is 2.14. The molecule has 142 valence electrons. The van der Waals surface area contributed by atoms with Crippen LogP contribution in [0.1, 0.15) is 28.4 Å². The van der Waals surface area contributed by atoms with Crippen LogP contribution in [-0.2, 0) is 4.79 Å². The van der Waals surface area contributed by atoms with Crippen LogP contribution in [0.15, 0.2) is 41.5 Å². The van der Waals surface area contributed by atoms with Crippen LogP contribution in [0.3, 0.4) is 0 Å². The molecular weight excluding hydrogens is 461 g/mol. The maximum absolute atomic E-state index is 12.1. The molecule has 2 aromatic carbocycles. The minimum Gasteiger partial charge on any atom is -0.490 e. The Kier molecular flexibility index (Phi) is 7.59.